The van der Waals surface area contributed by atoms with E-state index in [2.05, 4.69) is 34.9 Å². The van der Waals surface area contributed by atoms with Gasteiger partial charge in [0.15, 0.2) is 5.82 Å². The average molecular weight is 272 g/mol. The Morgan fingerprint density at radius 1 is 1.35 bits per heavy atom. The molecule has 1 atom stereocenters. The van der Waals surface area contributed by atoms with E-state index in [0.29, 0.717) is 6.04 Å². The molecule has 0 radical (unpaired) electrons. The van der Waals surface area contributed by atoms with Gasteiger partial charge in [-0.3, -0.25) is 0 Å². The Balaban J connectivity index is 1.98. The van der Waals surface area contributed by atoms with Crippen molar-refractivity contribution in [2.45, 2.75) is 52.5 Å². The van der Waals surface area contributed by atoms with Gasteiger partial charge >= 0.3 is 0 Å². The molecule has 0 saturated carbocycles. The van der Waals surface area contributed by atoms with Gasteiger partial charge in [0.25, 0.3) is 0 Å². The van der Waals surface area contributed by atoms with Crippen LogP contribution in [0, 0.1) is 12.8 Å². The highest BCUT2D eigenvalue weighted by Crippen LogP contribution is 2.29. The van der Waals surface area contributed by atoms with E-state index in [9.17, 15) is 0 Å². The van der Waals surface area contributed by atoms with Crippen LogP contribution in [-0.2, 0) is 0 Å². The summed E-state index contributed by atoms with van der Waals surface area (Å²) in [5.74, 6) is 1.84. The highest BCUT2D eigenvalue weighted by atomic mass is 15.3. The van der Waals surface area contributed by atoms with Gasteiger partial charge in [0.05, 0.1) is 5.69 Å². The molecule has 1 unspecified atom stereocenters. The van der Waals surface area contributed by atoms with Crippen molar-refractivity contribution in [2.75, 3.05) is 11.4 Å². The van der Waals surface area contributed by atoms with Crippen LogP contribution in [0.5, 0.6) is 0 Å². The van der Waals surface area contributed by atoms with Gasteiger partial charge in [-0.1, -0.05) is 13.8 Å². The fraction of sp³-hybridized carbons (Fsp3) is 0.625. The number of hydrogen-bond acceptors (Lipinski definition) is 3. The first-order valence-electron chi connectivity index (χ1n) is 7.73. The minimum atomic E-state index is 0.623. The highest BCUT2D eigenvalue weighted by molar-refractivity contribution is 5.69. The summed E-state index contributed by atoms with van der Waals surface area (Å²) >= 11 is 0. The summed E-state index contributed by atoms with van der Waals surface area (Å²) in [6, 6.07) is 2.77. The van der Waals surface area contributed by atoms with Gasteiger partial charge in [0.1, 0.15) is 5.52 Å². The molecule has 4 heteroatoms. The zero-order valence-electron chi connectivity index (χ0n) is 12.7. The van der Waals surface area contributed by atoms with Crippen LogP contribution in [0.3, 0.4) is 0 Å². The molecule has 2 aromatic rings. The maximum absolute atomic E-state index is 4.67. The summed E-state index contributed by atoms with van der Waals surface area (Å²) in [7, 11) is 0. The van der Waals surface area contributed by atoms with E-state index in [1.807, 2.05) is 23.8 Å². The second kappa shape index (κ2) is 5.43. The molecule has 1 saturated heterocycles. The summed E-state index contributed by atoms with van der Waals surface area (Å²) in [5.41, 5.74) is 2.19. The zero-order valence-corrected chi connectivity index (χ0v) is 12.7. The topological polar surface area (TPSA) is 33.4 Å². The Bertz CT molecular complexity index is 587. The van der Waals surface area contributed by atoms with Crippen LogP contribution in [0.4, 0.5) is 5.82 Å². The van der Waals surface area contributed by atoms with Gasteiger partial charge in [-0.15, -0.1) is 0 Å². The first-order chi connectivity index (χ1) is 9.65. The van der Waals surface area contributed by atoms with Crippen LogP contribution < -0.4 is 4.90 Å². The first kappa shape index (κ1) is 13.4. The van der Waals surface area contributed by atoms with Crippen LogP contribution in [0.25, 0.3) is 5.52 Å². The highest BCUT2D eigenvalue weighted by Gasteiger charge is 2.26. The first-order valence-corrected chi connectivity index (χ1v) is 7.73. The number of piperidine rings is 1. The van der Waals surface area contributed by atoms with Gasteiger partial charge in [0.2, 0.25) is 0 Å². The molecule has 0 aromatic carbocycles. The van der Waals surface area contributed by atoms with Crippen LogP contribution in [0.1, 0.15) is 45.2 Å². The second-order valence-electron chi connectivity index (χ2n) is 6.34. The molecule has 1 fully saturated rings. The van der Waals surface area contributed by atoms with Crippen molar-refractivity contribution in [3.05, 3.63) is 24.2 Å². The summed E-state index contributed by atoms with van der Waals surface area (Å²) < 4.78 is 1.96. The van der Waals surface area contributed by atoms with Gasteiger partial charge < -0.3 is 4.90 Å². The largest absolute Gasteiger partial charge is 0.352 e. The third-order valence-corrected chi connectivity index (χ3v) is 4.13. The van der Waals surface area contributed by atoms with Crippen LogP contribution >= 0.6 is 0 Å². The summed E-state index contributed by atoms with van der Waals surface area (Å²) in [6.07, 6.45) is 8.95. The summed E-state index contributed by atoms with van der Waals surface area (Å²) in [6.45, 7) is 7.78. The van der Waals surface area contributed by atoms with Crippen molar-refractivity contribution in [1.29, 1.82) is 0 Å². The van der Waals surface area contributed by atoms with E-state index in [1.54, 1.807) is 0 Å². The van der Waals surface area contributed by atoms with Crippen molar-refractivity contribution in [1.82, 2.24) is 14.6 Å². The lowest BCUT2D eigenvalue weighted by atomic mass is 9.94. The SMILES string of the molecule is Cc1cc2c(N3CCCCC3CC(C)C)nccn2n1. The molecule has 0 aliphatic carbocycles. The van der Waals surface area contributed by atoms with Gasteiger partial charge in [-0.2, -0.15) is 5.10 Å². The van der Waals surface area contributed by atoms with Crippen molar-refractivity contribution in [3.63, 3.8) is 0 Å². The fourth-order valence-corrected chi connectivity index (χ4v) is 3.32. The molecular weight excluding hydrogens is 248 g/mol. The number of aryl methyl sites for hydroxylation is 1. The van der Waals surface area contributed by atoms with E-state index < -0.39 is 0 Å². The third-order valence-electron chi connectivity index (χ3n) is 4.13. The van der Waals surface area contributed by atoms with E-state index in [1.165, 1.54) is 25.7 Å². The lowest BCUT2D eigenvalue weighted by Gasteiger charge is -2.37. The van der Waals surface area contributed by atoms with Crippen LogP contribution in [-0.4, -0.2) is 27.2 Å². The molecular formula is C16H24N4. The Labute approximate surface area is 120 Å². The molecule has 20 heavy (non-hydrogen) atoms. The average Bonchev–Trinajstić information content (AvgIpc) is 2.79. The number of anilines is 1. The molecule has 0 amide bonds. The normalized spacial score (nSPS) is 20.0. The zero-order chi connectivity index (χ0) is 14.1. The van der Waals surface area contributed by atoms with Gasteiger partial charge in [0, 0.05) is 25.0 Å². The molecule has 4 nitrogen and oxygen atoms in total. The monoisotopic (exact) mass is 272 g/mol. The molecule has 0 bridgehead atoms. The Kier molecular flexibility index (Phi) is 3.64. The second-order valence-corrected chi connectivity index (χ2v) is 6.34. The predicted molar refractivity (Wildman–Crippen MR) is 82.2 cm³/mol. The number of fused-ring (bicyclic) bond motifs is 1. The van der Waals surface area contributed by atoms with Crippen molar-refractivity contribution in [2.24, 2.45) is 5.92 Å². The molecule has 1 aliphatic heterocycles. The van der Waals surface area contributed by atoms with Gasteiger partial charge in [-0.25, -0.2) is 9.50 Å². The minimum absolute atomic E-state index is 0.623. The quantitative estimate of drug-likeness (QED) is 0.858. The Hall–Kier alpha value is -1.58. The smallest absolute Gasteiger partial charge is 0.154 e. The standard InChI is InChI=1S/C16H24N4/c1-12(2)10-14-6-4-5-8-19(14)16-15-11-13(3)18-20(15)9-7-17-16/h7,9,11-12,14H,4-6,8,10H2,1-3H3. The van der Waals surface area contributed by atoms with E-state index in [0.717, 1.165) is 29.5 Å². The van der Waals surface area contributed by atoms with E-state index >= 15 is 0 Å². The van der Waals surface area contributed by atoms with Crippen LogP contribution in [0.15, 0.2) is 18.5 Å². The van der Waals surface area contributed by atoms with Crippen molar-refractivity contribution >= 4 is 11.3 Å². The van der Waals surface area contributed by atoms with Crippen molar-refractivity contribution < 1.29 is 0 Å². The molecule has 1 aliphatic rings. The predicted octanol–water partition coefficient (Wildman–Crippen LogP) is 3.44. The van der Waals surface area contributed by atoms with E-state index in [-0.39, 0.29) is 0 Å². The lowest BCUT2D eigenvalue weighted by Crippen LogP contribution is -2.41. The summed E-state index contributed by atoms with van der Waals surface area (Å²) in [4.78, 5) is 7.18. The van der Waals surface area contributed by atoms with Crippen LogP contribution in [0.2, 0.25) is 0 Å². The maximum atomic E-state index is 4.67. The lowest BCUT2D eigenvalue weighted by molar-refractivity contribution is 0.391. The third kappa shape index (κ3) is 2.51. The molecule has 108 valence electrons. The number of aromatic nitrogens is 3. The maximum Gasteiger partial charge on any atom is 0.154 e. The molecule has 0 N–H and O–H groups in total. The number of hydrogen-bond donors (Lipinski definition) is 0. The summed E-state index contributed by atoms with van der Waals surface area (Å²) in [5, 5.41) is 4.50. The molecule has 3 heterocycles. The number of rotatable bonds is 3. The molecule has 3 rings (SSSR count). The number of nitrogens with zero attached hydrogens (tertiary/aromatic N) is 4. The van der Waals surface area contributed by atoms with E-state index in [4.69, 9.17) is 0 Å². The Morgan fingerprint density at radius 3 is 3.00 bits per heavy atom. The minimum Gasteiger partial charge on any atom is -0.352 e. The molecule has 0 spiro atoms. The Morgan fingerprint density at radius 2 is 2.20 bits per heavy atom. The fourth-order valence-electron chi connectivity index (χ4n) is 3.32. The van der Waals surface area contributed by atoms with Crippen molar-refractivity contribution in [3.8, 4) is 0 Å². The molecule has 2 aromatic heterocycles. The van der Waals surface area contributed by atoms with Gasteiger partial charge in [-0.05, 0) is 44.6 Å².